The van der Waals surface area contributed by atoms with Crippen LogP contribution in [0.25, 0.3) is 5.65 Å². The summed E-state index contributed by atoms with van der Waals surface area (Å²) in [6, 6.07) is 10.8. The number of carbonyl (C=O) groups is 3. The van der Waals surface area contributed by atoms with Crippen molar-refractivity contribution in [3.8, 4) is 0 Å². The predicted octanol–water partition coefficient (Wildman–Crippen LogP) is 4.69. The Morgan fingerprint density at radius 1 is 1.11 bits per heavy atom. The molecule has 194 valence electrons. The number of rotatable bonds is 6. The molecule has 0 bridgehead atoms. The second kappa shape index (κ2) is 9.98. The number of ketones is 1. The number of fused-ring (bicyclic) bond motifs is 2. The lowest BCUT2D eigenvalue weighted by molar-refractivity contribution is 0.0927. The van der Waals surface area contributed by atoms with E-state index in [0.29, 0.717) is 28.9 Å². The van der Waals surface area contributed by atoms with Crippen molar-refractivity contribution in [3.63, 3.8) is 0 Å². The number of halogens is 2. The van der Waals surface area contributed by atoms with Crippen molar-refractivity contribution in [1.82, 2.24) is 25.2 Å². The van der Waals surface area contributed by atoms with Gasteiger partial charge in [0.25, 0.3) is 11.8 Å². The molecule has 10 heteroatoms. The first kappa shape index (κ1) is 25.5. The molecular weight excluding hydrogens is 509 g/mol. The fraction of sp³-hybridized carbons (Fsp3) is 0.250. The summed E-state index contributed by atoms with van der Waals surface area (Å²) in [7, 11) is 0. The first-order chi connectivity index (χ1) is 18.1. The number of carbonyl (C=O) groups excluding carboxylic acids is 3. The van der Waals surface area contributed by atoms with Gasteiger partial charge in [0.2, 0.25) is 0 Å². The Morgan fingerprint density at radius 3 is 2.63 bits per heavy atom. The zero-order valence-corrected chi connectivity index (χ0v) is 21.8. The molecule has 1 aliphatic rings. The highest BCUT2D eigenvalue weighted by molar-refractivity contribution is 6.30. The highest BCUT2D eigenvalue weighted by Crippen LogP contribution is 2.35. The number of benzene rings is 2. The smallest absolute Gasteiger partial charge is 0.270 e. The molecule has 0 saturated carbocycles. The highest BCUT2D eigenvalue weighted by atomic mass is 35.5. The maximum atomic E-state index is 13.5. The summed E-state index contributed by atoms with van der Waals surface area (Å²) < 4.78 is 14.9. The van der Waals surface area contributed by atoms with Crippen molar-refractivity contribution in [2.24, 2.45) is 0 Å². The van der Waals surface area contributed by atoms with Crippen molar-refractivity contribution < 1.29 is 18.8 Å². The molecule has 1 aliphatic carbocycles. The Bertz CT molecular complexity index is 1630. The van der Waals surface area contributed by atoms with Crippen molar-refractivity contribution in [3.05, 3.63) is 98.2 Å². The number of amides is 2. The van der Waals surface area contributed by atoms with Gasteiger partial charge in [0.05, 0.1) is 16.8 Å². The van der Waals surface area contributed by atoms with Gasteiger partial charge in [-0.2, -0.15) is 5.10 Å². The van der Waals surface area contributed by atoms with Crippen LogP contribution in [0.2, 0.25) is 5.02 Å². The summed E-state index contributed by atoms with van der Waals surface area (Å²) in [6.07, 6.45) is 1.45. The minimum Gasteiger partial charge on any atom is -0.347 e. The molecule has 38 heavy (non-hydrogen) atoms. The molecule has 5 rings (SSSR count). The monoisotopic (exact) mass is 533 g/mol. The lowest BCUT2D eigenvalue weighted by atomic mass is 9.96. The molecule has 0 radical (unpaired) electrons. The standard InChI is InChI=1S/C28H25ClFN5O3/c1-14-10-26-32-24(27(37)31-13-17-4-8-22(30)21(29)11-17)12-25(35(26)34-14)28(38)33-23-9-7-19-15(2)18(16(3)36)5-6-20(19)23/h4-6,8,10-12,23H,7,9,13H2,1-3H3,(H,31,37)(H,33,38)/t23-/m0/s1. The van der Waals surface area contributed by atoms with Gasteiger partial charge >= 0.3 is 0 Å². The first-order valence-electron chi connectivity index (χ1n) is 12.2. The maximum Gasteiger partial charge on any atom is 0.270 e. The molecule has 0 unspecified atom stereocenters. The molecule has 4 aromatic rings. The number of hydrogen-bond acceptors (Lipinski definition) is 5. The Labute approximate surface area is 223 Å². The first-order valence-corrected chi connectivity index (χ1v) is 12.5. The molecule has 1 atom stereocenters. The fourth-order valence-electron chi connectivity index (χ4n) is 4.93. The lowest BCUT2D eigenvalue weighted by Gasteiger charge is -2.16. The van der Waals surface area contributed by atoms with Gasteiger partial charge in [-0.15, -0.1) is 0 Å². The minimum atomic E-state index is -0.542. The molecular formula is C28H25ClFN5O3. The van der Waals surface area contributed by atoms with E-state index >= 15 is 0 Å². The van der Waals surface area contributed by atoms with Gasteiger partial charge in [0.1, 0.15) is 17.2 Å². The van der Waals surface area contributed by atoms with Crippen molar-refractivity contribution in [2.75, 3.05) is 0 Å². The normalized spacial score (nSPS) is 14.4. The summed E-state index contributed by atoms with van der Waals surface area (Å²) in [4.78, 5) is 42.8. The summed E-state index contributed by atoms with van der Waals surface area (Å²) in [5.74, 6) is -1.43. The molecule has 0 fully saturated rings. The van der Waals surface area contributed by atoms with E-state index in [1.54, 1.807) is 26.0 Å². The number of hydrogen-bond donors (Lipinski definition) is 2. The highest BCUT2D eigenvalue weighted by Gasteiger charge is 2.28. The minimum absolute atomic E-state index is 0.0133. The van der Waals surface area contributed by atoms with Crippen molar-refractivity contribution in [2.45, 2.75) is 46.2 Å². The molecule has 8 nitrogen and oxygen atoms in total. The van der Waals surface area contributed by atoms with Gasteiger partial charge < -0.3 is 10.6 Å². The van der Waals surface area contributed by atoms with E-state index in [1.165, 1.54) is 28.8 Å². The number of nitrogens with one attached hydrogen (secondary N) is 2. The van der Waals surface area contributed by atoms with E-state index in [4.69, 9.17) is 11.6 Å². The third-order valence-corrected chi connectivity index (χ3v) is 7.12. The lowest BCUT2D eigenvalue weighted by Crippen LogP contribution is -2.30. The number of aryl methyl sites for hydroxylation is 1. The van der Waals surface area contributed by atoms with Crippen LogP contribution in [0.15, 0.2) is 42.5 Å². The molecule has 0 saturated heterocycles. The van der Waals surface area contributed by atoms with E-state index in [2.05, 4.69) is 20.7 Å². The Morgan fingerprint density at radius 2 is 1.89 bits per heavy atom. The largest absolute Gasteiger partial charge is 0.347 e. The maximum absolute atomic E-state index is 13.5. The van der Waals surface area contributed by atoms with E-state index in [-0.39, 0.29) is 34.8 Å². The Kier molecular flexibility index (Phi) is 6.71. The average Bonchev–Trinajstić information content (AvgIpc) is 3.46. The van der Waals surface area contributed by atoms with Crippen LogP contribution in [-0.4, -0.2) is 32.2 Å². The van der Waals surface area contributed by atoms with Crippen LogP contribution in [-0.2, 0) is 13.0 Å². The van der Waals surface area contributed by atoms with Crippen LogP contribution in [0.4, 0.5) is 4.39 Å². The second-order valence-corrected chi connectivity index (χ2v) is 9.85. The molecule has 2 aromatic heterocycles. The zero-order chi connectivity index (χ0) is 27.1. The summed E-state index contributed by atoms with van der Waals surface area (Å²) >= 11 is 5.83. The molecule has 2 amide bonds. The molecule has 0 aliphatic heterocycles. The van der Waals surface area contributed by atoms with Crippen molar-refractivity contribution >= 4 is 34.8 Å². The van der Waals surface area contributed by atoms with Crippen LogP contribution in [0.5, 0.6) is 0 Å². The van der Waals surface area contributed by atoms with E-state index in [0.717, 1.165) is 23.1 Å². The molecule has 2 heterocycles. The van der Waals surface area contributed by atoms with Crippen molar-refractivity contribution in [1.29, 1.82) is 0 Å². The van der Waals surface area contributed by atoms with E-state index in [9.17, 15) is 18.8 Å². The van der Waals surface area contributed by atoms with Crippen LogP contribution < -0.4 is 10.6 Å². The van der Waals surface area contributed by atoms with E-state index < -0.39 is 17.6 Å². The Hall–Kier alpha value is -4.11. The van der Waals surface area contributed by atoms with Crippen LogP contribution in [0.3, 0.4) is 0 Å². The Balaban J connectivity index is 1.40. The quantitative estimate of drug-likeness (QED) is 0.350. The van der Waals surface area contributed by atoms with Crippen LogP contribution in [0.1, 0.15) is 78.7 Å². The number of aromatic nitrogens is 3. The molecule has 2 aromatic carbocycles. The summed E-state index contributed by atoms with van der Waals surface area (Å²) in [6.45, 7) is 5.36. The second-order valence-electron chi connectivity index (χ2n) is 9.44. The van der Waals surface area contributed by atoms with Gasteiger partial charge in [-0.05, 0) is 68.0 Å². The molecule has 2 N–H and O–H groups in total. The number of Topliss-reactive ketones (excluding diaryl/α,β-unsaturated/α-hetero) is 1. The van der Waals surface area contributed by atoms with Gasteiger partial charge in [0.15, 0.2) is 11.4 Å². The van der Waals surface area contributed by atoms with Gasteiger partial charge in [-0.25, -0.2) is 13.9 Å². The SMILES string of the molecule is CC(=O)c1ccc2c(c1C)CC[C@@H]2NC(=O)c1cc(C(=O)NCc2ccc(F)c(Cl)c2)nc2cc(C)nn12. The third-order valence-electron chi connectivity index (χ3n) is 6.83. The summed E-state index contributed by atoms with van der Waals surface area (Å²) in [5.41, 5.74) is 5.54. The average molecular weight is 534 g/mol. The van der Waals surface area contributed by atoms with Crippen LogP contribution >= 0.6 is 11.6 Å². The third kappa shape index (κ3) is 4.77. The van der Waals surface area contributed by atoms with Crippen LogP contribution in [0, 0.1) is 19.7 Å². The van der Waals surface area contributed by atoms with E-state index in [1.807, 2.05) is 13.0 Å². The summed E-state index contributed by atoms with van der Waals surface area (Å²) in [5, 5.41) is 10.2. The molecule has 0 spiro atoms. The predicted molar refractivity (Wildman–Crippen MR) is 140 cm³/mol. The van der Waals surface area contributed by atoms with Gasteiger partial charge in [0, 0.05) is 24.2 Å². The fourth-order valence-corrected chi connectivity index (χ4v) is 5.14. The van der Waals surface area contributed by atoms with Gasteiger partial charge in [-0.3, -0.25) is 14.4 Å². The topological polar surface area (TPSA) is 105 Å². The zero-order valence-electron chi connectivity index (χ0n) is 21.1. The number of nitrogens with zero attached hydrogens (tertiary/aromatic N) is 3. The van der Waals surface area contributed by atoms with Gasteiger partial charge in [-0.1, -0.05) is 29.8 Å².